The summed E-state index contributed by atoms with van der Waals surface area (Å²) in [7, 11) is 0. The van der Waals surface area contributed by atoms with Crippen molar-refractivity contribution in [1.82, 2.24) is 4.98 Å². The molecule has 0 aliphatic carbocycles. The average molecular weight is 301 g/mol. The van der Waals surface area contributed by atoms with Crippen LogP contribution in [0.2, 0.25) is 5.02 Å². The lowest BCUT2D eigenvalue weighted by Gasteiger charge is -2.06. The number of aromatic nitrogens is 1. The Labute approximate surface area is 96.5 Å². The molecule has 82 valence electrons. The highest BCUT2D eigenvalue weighted by molar-refractivity contribution is 9.08. The number of rotatable bonds is 3. The molecule has 4 nitrogen and oxygen atoms in total. The fourth-order valence-electron chi connectivity index (χ4n) is 0.978. The summed E-state index contributed by atoms with van der Waals surface area (Å²) >= 11 is 8.53. The van der Waals surface area contributed by atoms with E-state index in [1.165, 1.54) is 0 Å². The second-order valence-corrected chi connectivity index (χ2v) is 3.46. The van der Waals surface area contributed by atoms with Crippen LogP contribution >= 0.6 is 27.5 Å². The monoisotopic (exact) mass is 300 g/mol. The number of nitrogens with zero attached hydrogens (tertiary/aromatic N) is 2. The van der Waals surface area contributed by atoms with Gasteiger partial charge < -0.3 is 10.1 Å². The summed E-state index contributed by atoms with van der Waals surface area (Å²) in [6, 6.07) is 0. The second-order valence-electron chi connectivity index (χ2n) is 2.52. The van der Waals surface area contributed by atoms with Crippen LogP contribution in [0, 0.1) is 10.1 Å². The molecule has 1 aromatic rings. The molecule has 0 aliphatic rings. The van der Waals surface area contributed by atoms with E-state index in [1.54, 1.807) is 0 Å². The summed E-state index contributed by atoms with van der Waals surface area (Å²) in [5.74, 6) is -0.615. The molecular weight excluding hydrogens is 297 g/mol. The maximum Gasteiger partial charge on any atom is 0.382 e. The van der Waals surface area contributed by atoms with Gasteiger partial charge in [0.15, 0.2) is 0 Å². The van der Waals surface area contributed by atoms with E-state index in [2.05, 4.69) is 20.9 Å². The van der Waals surface area contributed by atoms with Crippen molar-refractivity contribution >= 4 is 33.3 Å². The molecule has 0 spiro atoms. The number of nitro groups is 1. The lowest BCUT2D eigenvalue weighted by Crippen LogP contribution is -2.00. The third-order valence-electron chi connectivity index (χ3n) is 1.68. The summed E-state index contributed by atoms with van der Waals surface area (Å²) in [6.07, 6.45) is -1.99. The Kier molecular flexibility index (Phi) is 3.92. The first-order valence-corrected chi connectivity index (χ1v) is 5.14. The van der Waals surface area contributed by atoms with E-state index in [0.717, 1.165) is 6.20 Å². The molecule has 1 rings (SSSR count). The van der Waals surface area contributed by atoms with Crippen molar-refractivity contribution in [3.05, 3.63) is 32.5 Å². The van der Waals surface area contributed by atoms with Crippen LogP contribution in [0.3, 0.4) is 0 Å². The van der Waals surface area contributed by atoms with E-state index >= 15 is 0 Å². The number of halogens is 4. The molecule has 1 aromatic heterocycles. The van der Waals surface area contributed by atoms with Gasteiger partial charge in [-0.3, -0.25) is 0 Å². The minimum absolute atomic E-state index is 0.00614. The summed E-state index contributed by atoms with van der Waals surface area (Å²) in [4.78, 5) is 12.9. The minimum atomic E-state index is -2.76. The van der Waals surface area contributed by atoms with E-state index in [9.17, 15) is 18.9 Å². The van der Waals surface area contributed by atoms with Crippen molar-refractivity contribution in [1.29, 1.82) is 0 Å². The zero-order valence-electron chi connectivity index (χ0n) is 7.08. The van der Waals surface area contributed by atoms with Gasteiger partial charge in [0.2, 0.25) is 0 Å². The Morgan fingerprint density at radius 3 is 2.67 bits per heavy atom. The van der Waals surface area contributed by atoms with Crippen molar-refractivity contribution in [2.24, 2.45) is 0 Å². The molecule has 1 heterocycles. The van der Waals surface area contributed by atoms with E-state index in [1.807, 2.05) is 0 Å². The number of pyridine rings is 1. The Bertz CT molecular complexity index is 403. The highest BCUT2D eigenvalue weighted by atomic mass is 79.9. The van der Waals surface area contributed by atoms with Crippen LogP contribution in [-0.2, 0) is 5.33 Å². The average Bonchev–Trinajstić information content (AvgIpc) is 2.16. The van der Waals surface area contributed by atoms with Crippen LogP contribution < -0.4 is 0 Å². The Morgan fingerprint density at radius 1 is 1.67 bits per heavy atom. The molecule has 8 heteroatoms. The SMILES string of the molecule is O=[N+]([O-])c1ncc(C(F)F)c(CBr)c1Cl. The number of alkyl halides is 3. The smallest absolute Gasteiger partial charge is 0.358 e. The Morgan fingerprint density at radius 2 is 2.27 bits per heavy atom. The molecule has 0 fully saturated rings. The Balaban J connectivity index is 3.39. The largest absolute Gasteiger partial charge is 0.382 e. The van der Waals surface area contributed by atoms with E-state index in [0.29, 0.717) is 0 Å². The molecule has 0 saturated heterocycles. The molecule has 0 atom stereocenters. The van der Waals surface area contributed by atoms with Crippen LogP contribution in [0.25, 0.3) is 0 Å². The maximum atomic E-state index is 12.4. The van der Waals surface area contributed by atoms with Gasteiger partial charge in [-0.1, -0.05) is 27.5 Å². The molecule has 0 unspecified atom stereocenters. The van der Waals surface area contributed by atoms with Gasteiger partial charge >= 0.3 is 5.82 Å². The predicted molar refractivity (Wildman–Crippen MR) is 53.5 cm³/mol. The summed E-state index contributed by atoms with van der Waals surface area (Å²) in [5.41, 5.74) is -0.407. The topological polar surface area (TPSA) is 56.0 Å². The molecule has 0 radical (unpaired) electrons. The zero-order valence-corrected chi connectivity index (χ0v) is 9.43. The van der Waals surface area contributed by atoms with Crippen LogP contribution in [0.1, 0.15) is 17.6 Å². The summed E-state index contributed by atoms with van der Waals surface area (Å²) in [5, 5.41) is 10.1. The third kappa shape index (κ3) is 2.40. The third-order valence-corrected chi connectivity index (χ3v) is 2.64. The predicted octanol–water partition coefficient (Wildman–Crippen LogP) is 3.48. The molecule has 0 N–H and O–H groups in total. The van der Waals surface area contributed by atoms with Gasteiger partial charge in [0, 0.05) is 10.9 Å². The molecule has 0 aromatic carbocycles. The molecule has 0 saturated carbocycles. The minimum Gasteiger partial charge on any atom is -0.358 e. The second kappa shape index (κ2) is 4.80. The highest BCUT2D eigenvalue weighted by Crippen LogP contribution is 2.34. The van der Waals surface area contributed by atoms with Gasteiger partial charge in [-0.2, -0.15) is 0 Å². The van der Waals surface area contributed by atoms with Crippen molar-refractivity contribution in [3.63, 3.8) is 0 Å². The van der Waals surface area contributed by atoms with Gasteiger partial charge in [-0.25, -0.2) is 8.78 Å². The molecule has 0 aliphatic heterocycles. The number of hydrogen-bond acceptors (Lipinski definition) is 3. The fourth-order valence-corrected chi connectivity index (χ4v) is 2.04. The van der Waals surface area contributed by atoms with E-state index in [4.69, 9.17) is 11.6 Å². The molecule has 0 amide bonds. The summed E-state index contributed by atoms with van der Waals surface area (Å²) in [6.45, 7) is 0. The van der Waals surface area contributed by atoms with Gasteiger partial charge in [-0.15, -0.1) is 0 Å². The fraction of sp³-hybridized carbons (Fsp3) is 0.286. The molecule has 0 bridgehead atoms. The van der Waals surface area contributed by atoms with Crippen molar-refractivity contribution < 1.29 is 13.7 Å². The van der Waals surface area contributed by atoms with Crippen molar-refractivity contribution in [3.8, 4) is 0 Å². The maximum absolute atomic E-state index is 12.4. The van der Waals surface area contributed by atoms with E-state index < -0.39 is 22.7 Å². The van der Waals surface area contributed by atoms with Crippen LogP contribution in [0.15, 0.2) is 6.20 Å². The Hall–Kier alpha value is -0.820. The summed E-state index contributed by atoms with van der Waals surface area (Å²) < 4.78 is 24.9. The first-order valence-electron chi connectivity index (χ1n) is 3.64. The van der Waals surface area contributed by atoms with Crippen LogP contribution in [-0.4, -0.2) is 9.91 Å². The standard InChI is InChI=1S/C7H4BrClF2N2O2/c8-1-3-4(6(10)11)2-12-7(5(3)9)13(14)15/h2,6H,1H2. The first-order chi connectivity index (χ1) is 6.99. The highest BCUT2D eigenvalue weighted by Gasteiger charge is 2.24. The van der Waals surface area contributed by atoms with E-state index in [-0.39, 0.29) is 15.9 Å². The zero-order chi connectivity index (χ0) is 11.6. The van der Waals surface area contributed by atoms with Gasteiger partial charge in [0.25, 0.3) is 6.43 Å². The van der Waals surface area contributed by atoms with Gasteiger partial charge in [0.1, 0.15) is 11.2 Å². The van der Waals surface area contributed by atoms with Crippen molar-refractivity contribution in [2.75, 3.05) is 0 Å². The quantitative estimate of drug-likeness (QED) is 0.488. The number of hydrogen-bond donors (Lipinski definition) is 0. The first kappa shape index (κ1) is 12.3. The van der Waals surface area contributed by atoms with Gasteiger partial charge in [-0.05, 0) is 9.91 Å². The van der Waals surface area contributed by atoms with Gasteiger partial charge in [0.05, 0.1) is 5.56 Å². The van der Waals surface area contributed by atoms with Crippen LogP contribution in [0.4, 0.5) is 14.6 Å². The molecule has 15 heavy (non-hydrogen) atoms. The lowest BCUT2D eigenvalue weighted by atomic mass is 10.1. The lowest BCUT2D eigenvalue weighted by molar-refractivity contribution is -0.389. The molecular formula is C7H4BrClF2N2O2. The van der Waals surface area contributed by atoms with Crippen molar-refractivity contribution in [2.45, 2.75) is 11.8 Å². The van der Waals surface area contributed by atoms with Crippen LogP contribution in [0.5, 0.6) is 0 Å². The normalized spacial score (nSPS) is 10.7.